The van der Waals surface area contributed by atoms with Gasteiger partial charge < -0.3 is 5.11 Å². The van der Waals surface area contributed by atoms with Gasteiger partial charge in [0, 0.05) is 11.8 Å². The molecule has 0 amide bonds. The summed E-state index contributed by atoms with van der Waals surface area (Å²) in [5, 5.41) is 8.96. The average Bonchev–Trinajstić information content (AvgIpc) is 2.91. The van der Waals surface area contributed by atoms with Crippen molar-refractivity contribution >= 4 is 5.84 Å². The summed E-state index contributed by atoms with van der Waals surface area (Å²) in [5.41, 5.74) is 1.01. The molecule has 1 aromatic carbocycles. The molecule has 0 spiro atoms. The van der Waals surface area contributed by atoms with E-state index in [2.05, 4.69) is 9.98 Å². The zero-order valence-corrected chi connectivity index (χ0v) is 11.2. The summed E-state index contributed by atoms with van der Waals surface area (Å²) in [6.45, 7) is 3.53. The highest BCUT2D eigenvalue weighted by Crippen LogP contribution is 2.19. The number of aliphatic imine (C=N–C) groups is 1. The third-order valence-corrected chi connectivity index (χ3v) is 2.84. The van der Waals surface area contributed by atoms with E-state index in [1.165, 1.54) is 6.07 Å². The quantitative estimate of drug-likeness (QED) is 0.693. The van der Waals surface area contributed by atoms with Crippen molar-refractivity contribution in [3.63, 3.8) is 0 Å². The van der Waals surface area contributed by atoms with E-state index in [0.717, 1.165) is 12.1 Å². The van der Waals surface area contributed by atoms with Crippen LogP contribution in [0.2, 0.25) is 0 Å². The van der Waals surface area contributed by atoms with Crippen molar-refractivity contribution in [2.24, 2.45) is 4.99 Å². The van der Waals surface area contributed by atoms with Crippen LogP contribution < -0.4 is 0 Å². The summed E-state index contributed by atoms with van der Waals surface area (Å²) in [6, 6.07) is 3.43. The first kappa shape index (κ1) is 14.3. The minimum absolute atomic E-state index is 0.0396. The highest BCUT2D eigenvalue weighted by molar-refractivity contribution is 5.83. The summed E-state index contributed by atoms with van der Waals surface area (Å²) in [6.07, 6.45) is 3.22. The van der Waals surface area contributed by atoms with E-state index in [-0.39, 0.29) is 12.6 Å². The summed E-state index contributed by atoms with van der Waals surface area (Å²) in [4.78, 5) is 8.40. The molecule has 2 aromatic rings. The Morgan fingerprint density at radius 3 is 2.80 bits per heavy atom. The maximum absolute atomic E-state index is 13.2. The van der Waals surface area contributed by atoms with E-state index in [9.17, 15) is 8.78 Å². The Balaban J connectivity index is 2.28. The van der Waals surface area contributed by atoms with Crippen LogP contribution in [0.4, 0.5) is 8.78 Å². The molecule has 0 radical (unpaired) electrons. The molecule has 4 nitrogen and oxygen atoms in total. The Hall–Kier alpha value is -2.08. The normalized spacial score (nSPS) is 13.6. The van der Waals surface area contributed by atoms with Crippen molar-refractivity contribution in [3.8, 4) is 11.3 Å². The van der Waals surface area contributed by atoms with Gasteiger partial charge in [-0.1, -0.05) is 0 Å². The Bertz CT molecular complexity index is 637. The molecule has 2 rings (SSSR count). The maximum Gasteiger partial charge on any atom is 0.159 e. The van der Waals surface area contributed by atoms with Gasteiger partial charge >= 0.3 is 0 Å². The largest absolute Gasteiger partial charge is 0.394 e. The lowest BCUT2D eigenvalue weighted by atomic mass is 10.1. The van der Waals surface area contributed by atoms with E-state index < -0.39 is 11.6 Å². The minimum Gasteiger partial charge on any atom is -0.394 e. The zero-order valence-electron chi connectivity index (χ0n) is 11.2. The first-order chi connectivity index (χ1) is 9.51. The van der Waals surface area contributed by atoms with Gasteiger partial charge in [-0.25, -0.2) is 13.8 Å². The summed E-state index contributed by atoms with van der Waals surface area (Å²) in [7, 11) is 0. The van der Waals surface area contributed by atoms with E-state index in [1.807, 2.05) is 0 Å². The second kappa shape index (κ2) is 5.92. The molecule has 1 aromatic heterocycles. The van der Waals surface area contributed by atoms with Gasteiger partial charge in [0.15, 0.2) is 11.6 Å². The molecule has 0 saturated heterocycles. The molecular weight excluding hydrogens is 264 g/mol. The first-order valence-electron chi connectivity index (χ1n) is 6.16. The molecule has 0 fully saturated rings. The van der Waals surface area contributed by atoms with Crippen LogP contribution in [0.15, 0.2) is 35.7 Å². The molecule has 106 valence electrons. The lowest BCUT2D eigenvalue weighted by Gasteiger charge is -2.05. The number of halogens is 2. The second-order valence-corrected chi connectivity index (χ2v) is 4.50. The molecule has 1 N–H and O–H groups in total. The van der Waals surface area contributed by atoms with Gasteiger partial charge in [0.1, 0.15) is 12.2 Å². The van der Waals surface area contributed by atoms with E-state index in [0.29, 0.717) is 17.1 Å². The molecular formula is C14H15F2N3O. The maximum atomic E-state index is 13.2. The van der Waals surface area contributed by atoms with E-state index in [4.69, 9.17) is 5.11 Å². The van der Waals surface area contributed by atoms with Crippen molar-refractivity contribution in [2.45, 2.75) is 19.9 Å². The number of benzene rings is 1. The molecule has 1 unspecified atom stereocenters. The van der Waals surface area contributed by atoms with Crippen molar-refractivity contribution < 1.29 is 13.9 Å². The molecule has 6 heteroatoms. The second-order valence-electron chi connectivity index (χ2n) is 4.50. The number of hydrogen-bond acceptors (Lipinski definition) is 3. The monoisotopic (exact) mass is 279 g/mol. The van der Waals surface area contributed by atoms with Crippen molar-refractivity contribution in [2.75, 3.05) is 6.61 Å². The van der Waals surface area contributed by atoms with Gasteiger partial charge in [-0.3, -0.25) is 9.56 Å². The highest BCUT2D eigenvalue weighted by atomic mass is 19.2. The summed E-state index contributed by atoms with van der Waals surface area (Å²) in [5.74, 6) is -1.13. The van der Waals surface area contributed by atoms with Gasteiger partial charge in [-0.2, -0.15) is 0 Å². The number of aliphatic hydroxyl groups excluding tert-OH is 1. The van der Waals surface area contributed by atoms with Gasteiger partial charge in [0.25, 0.3) is 0 Å². The van der Waals surface area contributed by atoms with Crippen LogP contribution in [-0.4, -0.2) is 33.1 Å². The lowest BCUT2D eigenvalue weighted by molar-refractivity contribution is 0.274. The van der Waals surface area contributed by atoms with Crippen molar-refractivity contribution in [3.05, 3.63) is 42.4 Å². The lowest BCUT2D eigenvalue weighted by Crippen LogP contribution is -2.12. The van der Waals surface area contributed by atoms with Gasteiger partial charge in [-0.05, 0) is 32.0 Å². The van der Waals surface area contributed by atoms with Crippen LogP contribution in [0.5, 0.6) is 0 Å². The van der Waals surface area contributed by atoms with E-state index in [1.54, 1.807) is 30.9 Å². The van der Waals surface area contributed by atoms with Crippen molar-refractivity contribution in [1.82, 2.24) is 9.55 Å². The van der Waals surface area contributed by atoms with Crippen LogP contribution in [0.3, 0.4) is 0 Å². The Labute approximate surface area is 115 Å². The topological polar surface area (TPSA) is 50.4 Å². The number of hydrogen-bond donors (Lipinski definition) is 1. The predicted molar refractivity (Wildman–Crippen MR) is 72.6 cm³/mol. The van der Waals surface area contributed by atoms with Crippen molar-refractivity contribution in [1.29, 1.82) is 0 Å². The molecule has 0 saturated carbocycles. The third kappa shape index (κ3) is 3.08. The fraction of sp³-hybridized carbons (Fsp3) is 0.286. The molecule has 0 bridgehead atoms. The van der Waals surface area contributed by atoms with Gasteiger partial charge in [-0.15, -0.1) is 0 Å². The Morgan fingerprint density at radius 2 is 2.15 bits per heavy atom. The highest BCUT2D eigenvalue weighted by Gasteiger charge is 2.08. The number of aromatic nitrogens is 2. The summed E-state index contributed by atoms with van der Waals surface area (Å²) < 4.78 is 27.7. The van der Waals surface area contributed by atoms with Gasteiger partial charge in [0.05, 0.1) is 18.3 Å². The Morgan fingerprint density at radius 1 is 1.40 bits per heavy atom. The SMILES string of the molecule is CC(=NC(C)CO)n1cnc(-c2ccc(F)c(F)c2)c1. The molecule has 1 atom stereocenters. The van der Waals surface area contributed by atoms with Crippen LogP contribution in [0.1, 0.15) is 13.8 Å². The number of imidazole rings is 1. The predicted octanol–water partition coefficient (Wildman–Crippen LogP) is 2.48. The van der Waals surface area contributed by atoms with Crippen LogP contribution >= 0.6 is 0 Å². The Kier molecular flexibility index (Phi) is 4.24. The molecule has 0 aliphatic rings. The van der Waals surface area contributed by atoms with Crippen LogP contribution in [0, 0.1) is 11.6 Å². The van der Waals surface area contributed by atoms with Crippen LogP contribution in [-0.2, 0) is 0 Å². The number of rotatable bonds is 3. The van der Waals surface area contributed by atoms with E-state index >= 15 is 0 Å². The zero-order chi connectivity index (χ0) is 14.7. The fourth-order valence-electron chi connectivity index (χ4n) is 1.73. The average molecular weight is 279 g/mol. The molecule has 0 aliphatic carbocycles. The first-order valence-corrected chi connectivity index (χ1v) is 6.16. The molecule has 0 aliphatic heterocycles. The standard InChI is InChI=1S/C14H15F2N3O/c1-9(7-20)18-10(2)19-6-14(17-8-19)11-3-4-12(15)13(16)5-11/h3-6,8-9,20H,7H2,1-2H3. The minimum atomic E-state index is -0.906. The number of aliphatic hydroxyl groups is 1. The summed E-state index contributed by atoms with van der Waals surface area (Å²) >= 11 is 0. The number of nitrogens with zero attached hydrogens (tertiary/aromatic N) is 3. The molecule has 1 heterocycles. The third-order valence-electron chi connectivity index (χ3n) is 2.84. The van der Waals surface area contributed by atoms with Crippen LogP contribution in [0.25, 0.3) is 11.3 Å². The smallest absolute Gasteiger partial charge is 0.159 e. The molecule has 20 heavy (non-hydrogen) atoms. The van der Waals surface area contributed by atoms with Gasteiger partial charge in [0.2, 0.25) is 0 Å². The fourth-order valence-corrected chi connectivity index (χ4v) is 1.73.